The largest absolute Gasteiger partial charge is 0.371 e. The highest BCUT2D eigenvalue weighted by molar-refractivity contribution is 6.00. The van der Waals surface area contributed by atoms with Crippen molar-refractivity contribution in [2.45, 2.75) is 25.8 Å². The Bertz CT molecular complexity index is 902. The third-order valence-corrected chi connectivity index (χ3v) is 4.98. The van der Waals surface area contributed by atoms with Gasteiger partial charge >= 0.3 is 0 Å². The van der Waals surface area contributed by atoms with Crippen LogP contribution >= 0.6 is 0 Å². The quantitative estimate of drug-likeness (QED) is 0.798. The molecule has 0 saturated carbocycles. The van der Waals surface area contributed by atoms with Gasteiger partial charge in [-0.05, 0) is 37.5 Å². The van der Waals surface area contributed by atoms with Gasteiger partial charge in [0.25, 0.3) is 5.91 Å². The number of hydrogen-bond acceptors (Lipinski definition) is 3. The molecule has 130 valence electrons. The molecule has 2 aromatic heterocycles. The summed E-state index contributed by atoms with van der Waals surface area (Å²) in [5.41, 5.74) is 4.01. The van der Waals surface area contributed by atoms with Gasteiger partial charge in [-0.15, -0.1) is 0 Å². The number of nitrogens with zero attached hydrogens (tertiary/aromatic N) is 4. The van der Waals surface area contributed by atoms with Crippen LogP contribution in [0.1, 0.15) is 28.8 Å². The predicted octanol–water partition coefficient (Wildman–Crippen LogP) is 2.38. The zero-order valence-electron chi connectivity index (χ0n) is 14.6. The second-order valence-electron chi connectivity index (χ2n) is 6.81. The third kappa shape index (κ3) is 2.99. The van der Waals surface area contributed by atoms with Gasteiger partial charge in [0.1, 0.15) is 11.2 Å². The highest BCUT2D eigenvalue weighted by atomic mass is 16.1. The van der Waals surface area contributed by atoms with Crippen LogP contribution in [-0.4, -0.2) is 39.2 Å². The second-order valence-corrected chi connectivity index (χ2v) is 6.81. The van der Waals surface area contributed by atoms with Gasteiger partial charge in [0.05, 0.1) is 6.20 Å². The van der Waals surface area contributed by atoms with Crippen molar-refractivity contribution in [3.05, 3.63) is 54.0 Å². The van der Waals surface area contributed by atoms with Crippen LogP contribution in [0.15, 0.2) is 42.9 Å². The number of imidazole rings is 1. The smallest absolute Gasteiger partial charge is 0.256 e. The van der Waals surface area contributed by atoms with Crippen LogP contribution in [0.3, 0.4) is 0 Å². The fourth-order valence-electron chi connectivity index (χ4n) is 3.58. The van der Waals surface area contributed by atoms with Gasteiger partial charge in [-0.1, -0.05) is 12.1 Å². The van der Waals surface area contributed by atoms with E-state index in [2.05, 4.69) is 46.5 Å². The molecule has 6 heteroatoms. The molecule has 3 heterocycles. The molecule has 0 radical (unpaired) electrons. The van der Waals surface area contributed by atoms with Crippen molar-refractivity contribution in [1.82, 2.24) is 19.5 Å². The van der Waals surface area contributed by atoms with Crippen LogP contribution in [0.25, 0.3) is 5.65 Å². The van der Waals surface area contributed by atoms with Crippen molar-refractivity contribution < 1.29 is 4.79 Å². The lowest BCUT2D eigenvalue weighted by Crippen LogP contribution is -2.44. The molecule has 1 amide bonds. The zero-order chi connectivity index (χ0) is 17.4. The average molecular weight is 337 g/mol. The summed E-state index contributed by atoms with van der Waals surface area (Å²) in [4.78, 5) is 15.0. The fourth-order valence-corrected chi connectivity index (χ4v) is 3.58. The van der Waals surface area contributed by atoms with Crippen LogP contribution in [0.2, 0.25) is 0 Å². The van der Waals surface area contributed by atoms with Gasteiger partial charge in [0.15, 0.2) is 0 Å². The summed E-state index contributed by atoms with van der Waals surface area (Å²) in [5.74, 6) is -0.0363. The minimum atomic E-state index is -0.0363. The van der Waals surface area contributed by atoms with Crippen molar-refractivity contribution in [2.24, 2.45) is 7.05 Å². The van der Waals surface area contributed by atoms with Crippen molar-refractivity contribution >= 4 is 17.2 Å². The third-order valence-electron chi connectivity index (χ3n) is 4.98. The molecule has 6 nitrogen and oxygen atoms in total. The highest BCUT2D eigenvalue weighted by Gasteiger charge is 2.23. The number of benzene rings is 1. The molecule has 4 rings (SSSR count). The maximum atomic E-state index is 12.6. The number of carbonyl (C=O) groups excluding carboxylic acids is 1. The van der Waals surface area contributed by atoms with Crippen LogP contribution in [-0.2, 0) is 7.05 Å². The van der Waals surface area contributed by atoms with Gasteiger partial charge in [0, 0.05) is 44.3 Å². The Morgan fingerprint density at radius 1 is 1.24 bits per heavy atom. The number of aryl methyl sites for hydroxylation is 2. The van der Waals surface area contributed by atoms with Crippen molar-refractivity contribution in [2.75, 3.05) is 18.0 Å². The van der Waals surface area contributed by atoms with E-state index in [1.54, 1.807) is 10.7 Å². The maximum Gasteiger partial charge on any atom is 0.256 e. The van der Waals surface area contributed by atoms with Crippen molar-refractivity contribution in [1.29, 1.82) is 0 Å². The molecule has 0 aliphatic carbocycles. The predicted molar refractivity (Wildman–Crippen MR) is 98.0 cm³/mol. The minimum absolute atomic E-state index is 0.0363. The molecule has 1 aliphatic heterocycles. The van der Waals surface area contributed by atoms with Gasteiger partial charge < -0.3 is 14.8 Å². The Hall–Kier alpha value is -2.76. The molecule has 25 heavy (non-hydrogen) atoms. The lowest BCUT2D eigenvalue weighted by molar-refractivity contribution is 0.0932. The Morgan fingerprint density at radius 3 is 2.80 bits per heavy atom. The first-order valence-electron chi connectivity index (χ1n) is 8.73. The molecular formula is C19H23N5O. The Kier molecular flexibility index (Phi) is 3.95. The standard InChI is InChI=1S/C19H23N5O/c1-14-4-3-5-16(12-14)23-8-6-15(7-9-23)21-18(25)17-13-20-24-11-10-22(2)19(17)24/h3-5,10-13,15H,6-9H2,1-2H3,(H,21,25). The van der Waals surface area contributed by atoms with Gasteiger partial charge in [-0.25, -0.2) is 4.52 Å². The number of amides is 1. The summed E-state index contributed by atoms with van der Waals surface area (Å²) in [7, 11) is 1.92. The summed E-state index contributed by atoms with van der Waals surface area (Å²) in [6, 6.07) is 8.81. The first kappa shape index (κ1) is 15.7. The van der Waals surface area contributed by atoms with Crippen LogP contribution < -0.4 is 10.2 Å². The molecule has 0 atom stereocenters. The Labute approximate surface area is 147 Å². The molecule has 1 saturated heterocycles. The monoisotopic (exact) mass is 337 g/mol. The number of aromatic nitrogens is 3. The molecule has 0 spiro atoms. The average Bonchev–Trinajstić information content (AvgIpc) is 3.19. The fraction of sp³-hybridized carbons (Fsp3) is 0.368. The Morgan fingerprint density at radius 2 is 2.04 bits per heavy atom. The summed E-state index contributed by atoms with van der Waals surface area (Å²) >= 11 is 0. The summed E-state index contributed by atoms with van der Waals surface area (Å²) in [6.07, 6.45) is 7.31. The second kappa shape index (κ2) is 6.27. The maximum absolute atomic E-state index is 12.6. The number of anilines is 1. The van der Waals surface area contributed by atoms with E-state index in [1.165, 1.54) is 11.3 Å². The van der Waals surface area contributed by atoms with E-state index in [0.29, 0.717) is 5.56 Å². The van der Waals surface area contributed by atoms with Crippen molar-refractivity contribution in [3.8, 4) is 0 Å². The highest BCUT2D eigenvalue weighted by Crippen LogP contribution is 2.21. The van der Waals surface area contributed by atoms with Crippen LogP contribution in [0, 0.1) is 6.92 Å². The van der Waals surface area contributed by atoms with E-state index in [9.17, 15) is 4.79 Å². The summed E-state index contributed by atoms with van der Waals surface area (Å²) in [6.45, 7) is 4.04. The van der Waals surface area contributed by atoms with E-state index in [0.717, 1.165) is 31.6 Å². The number of fused-ring (bicyclic) bond motifs is 1. The van der Waals surface area contributed by atoms with E-state index < -0.39 is 0 Å². The summed E-state index contributed by atoms with van der Waals surface area (Å²) < 4.78 is 3.65. The number of piperidine rings is 1. The van der Waals surface area contributed by atoms with Crippen LogP contribution in [0.5, 0.6) is 0 Å². The molecule has 0 unspecified atom stereocenters. The van der Waals surface area contributed by atoms with Gasteiger partial charge in [-0.2, -0.15) is 5.10 Å². The molecule has 0 bridgehead atoms. The number of rotatable bonds is 3. The zero-order valence-corrected chi connectivity index (χ0v) is 14.6. The number of nitrogens with one attached hydrogen (secondary N) is 1. The number of hydrogen-bond donors (Lipinski definition) is 1. The van der Waals surface area contributed by atoms with E-state index in [4.69, 9.17) is 0 Å². The Balaban J connectivity index is 1.40. The lowest BCUT2D eigenvalue weighted by Gasteiger charge is -2.34. The molecule has 1 aromatic carbocycles. The minimum Gasteiger partial charge on any atom is -0.371 e. The topological polar surface area (TPSA) is 54.6 Å². The first-order chi connectivity index (χ1) is 12.1. The lowest BCUT2D eigenvalue weighted by atomic mass is 10.0. The van der Waals surface area contributed by atoms with E-state index in [-0.39, 0.29) is 11.9 Å². The molecular weight excluding hydrogens is 314 g/mol. The molecule has 1 aliphatic rings. The van der Waals surface area contributed by atoms with Crippen molar-refractivity contribution in [3.63, 3.8) is 0 Å². The molecule has 3 aromatic rings. The molecule has 1 fully saturated rings. The number of carbonyl (C=O) groups is 1. The summed E-state index contributed by atoms with van der Waals surface area (Å²) in [5, 5.41) is 7.42. The molecule has 1 N–H and O–H groups in total. The van der Waals surface area contributed by atoms with Crippen LogP contribution in [0.4, 0.5) is 5.69 Å². The van der Waals surface area contributed by atoms with E-state index >= 15 is 0 Å². The van der Waals surface area contributed by atoms with Gasteiger partial charge in [-0.3, -0.25) is 4.79 Å². The normalized spacial score (nSPS) is 15.7. The first-order valence-corrected chi connectivity index (χ1v) is 8.73. The SMILES string of the molecule is Cc1cccc(N2CCC(NC(=O)c3cnn4ccn(C)c34)CC2)c1. The van der Waals surface area contributed by atoms with Gasteiger partial charge in [0.2, 0.25) is 0 Å². The van der Waals surface area contributed by atoms with E-state index in [1.807, 2.05) is 24.0 Å².